The van der Waals surface area contributed by atoms with E-state index >= 15 is 0 Å². The third-order valence-electron chi connectivity index (χ3n) is 6.27. The summed E-state index contributed by atoms with van der Waals surface area (Å²) in [5, 5.41) is 11.9. The molecule has 9 heteroatoms. The molecule has 2 heterocycles. The molecule has 1 atom stereocenters. The van der Waals surface area contributed by atoms with Gasteiger partial charge in [0.1, 0.15) is 0 Å². The number of benzene rings is 2. The minimum absolute atomic E-state index is 0.00780. The third-order valence-corrected chi connectivity index (χ3v) is 6.49. The van der Waals surface area contributed by atoms with Crippen molar-refractivity contribution in [2.24, 2.45) is 0 Å². The number of hydrogen-bond acceptors (Lipinski definition) is 7. The summed E-state index contributed by atoms with van der Waals surface area (Å²) in [4.78, 5) is 32.5. The zero-order chi connectivity index (χ0) is 26.1. The van der Waals surface area contributed by atoms with Crippen LogP contribution in [0.2, 0.25) is 5.02 Å². The molecule has 1 aliphatic rings. The summed E-state index contributed by atoms with van der Waals surface area (Å²) in [5.74, 6) is -1.32. The van der Waals surface area contributed by atoms with Gasteiger partial charge in [0.2, 0.25) is 5.78 Å². The molecule has 0 bridgehead atoms. The summed E-state index contributed by atoms with van der Waals surface area (Å²) < 4.78 is 11.2. The number of hydrogen-bond donors (Lipinski definition) is 1. The van der Waals surface area contributed by atoms with Crippen LogP contribution in [0.3, 0.4) is 0 Å². The lowest BCUT2D eigenvalue weighted by Crippen LogP contribution is -2.33. The van der Waals surface area contributed by atoms with Crippen molar-refractivity contribution in [2.75, 3.05) is 53.3 Å². The van der Waals surface area contributed by atoms with Crippen LogP contribution in [0.4, 0.5) is 5.69 Å². The fourth-order valence-corrected chi connectivity index (χ4v) is 4.67. The van der Waals surface area contributed by atoms with Gasteiger partial charge >= 0.3 is 0 Å². The number of methoxy groups -OCH3 is 1. The van der Waals surface area contributed by atoms with Crippen molar-refractivity contribution in [3.63, 3.8) is 0 Å². The zero-order valence-corrected chi connectivity index (χ0v) is 21.8. The highest BCUT2D eigenvalue weighted by molar-refractivity contribution is 6.31. The van der Waals surface area contributed by atoms with Gasteiger partial charge in [0.25, 0.3) is 5.91 Å². The van der Waals surface area contributed by atoms with E-state index in [1.807, 2.05) is 62.3 Å². The molecule has 1 aromatic heterocycles. The minimum Gasteiger partial charge on any atom is -0.503 e. The number of rotatable bonds is 9. The maximum atomic E-state index is 13.8. The molecule has 3 aromatic rings. The van der Waals surface area contributed by atoms with E-state index in [0.29, 0.717) is 34.7 Å². The number of furan rings is 1. The van der Waals surface area contributed by atoms with Crippen LogP contribution in [0.25, 0.3) is 11.0 Å². The Morgan fingerprint density at radius 2 is 1.83 bits per heavy atom. The van der Waals surface area contributed by atoms with E-state index < -0.39 is 23.5 Å². The van der Waals surface area contributed by atoms with E-state index in [1.54, 1.807) is 23.1 Å². The average molecular weight is 512 g/mol. The molecule has 1 N–H and O–H groups in total. The van der Waals surface area contributed by atoms with Crippen molar-refractivity contribution >= 4 is 39.9 Å². The summed E-state index contributed by atoms with van der Waals surface area (Å²) in [6, 6.07) is 11.7. The summed E-state index contributed by atoms with van der Waals surface area (Å²) in [6.45, 7) is 1.13. The first-order chi connectivity index (χ1) is 17.1. The summed E-state index contributed by atoms with van der Waals surface area (Å²) in [6.07, 6.45) is 0.681. The number of anilines is 1. The van der Waals surface area contributed by atoms with E-state index in [1.165, 1.54) is 7.11 Å². The van der Waals surface area contributed by atoms with Crippen LogP contribution in [-0.4, -0.2) is 75.0 Å². The highest BCUT2D eigenvalue weighted by Crippen LogP contribution is 2.41. The van der Waals surface area contributed by atoms with Gasteiger partial charge in [0.15, 0.2) is 22.9 Å². The number of ketones is 1. The monoisotopic (exact) mass is 511 g/mol. The largest absolute Gasteiger partial charge is 0.503 e. The Morgan fingerprint density at radius 1 is 1.14 bits per heavy atom. The lowest BCUT2D eigenvalue weighted by Gasteiger charge is -2.27. The Bertz CT molecular complexity index is 1330. The van der Waals surface area contributed by atoms with Crippen molar-refractivity contribution in [1.29, 1.82) is 0 Å². The number of nitrogens with zero attached hydrogens (tertiary/aromatic N) is 3. The molecule has 8 nitrogen and oxygen atoms in total. The molecule has 1 unspecified atom stereocenters. The van der Waals surface area contributed by atoms with Crippen LogP contribution in [0.5, 0.6) is 5.75 Å². The smallest absolute Gasteiger partial charge is 0.290 e. The molecule has 4 rings (SSSR count). The Hall–Kier alpha value is -3.49. The van der Waals surface area contributed by atoms with Gasteiger partial charge in [-0.2, -0.15) is 0 Å². The van der Waals surface area contributed by atoms with Crippen LogP contribution < -0.4 is 9.64 Å². The van der Waals surface area contributed by atoms with Crippen LogP contribution in [0, 0.1) is 0 Å². The molecule has 2 aromatic carbocycles. The van der Waals surface area contributed by atoms with E-state index in [9.17, 15) is 14.7 Å². The number of amides is 1. The molecular formula is C27H30ClN3O5. The number of carbonyl (C=O) groups excluding carboxylic acids is 2. The number of halogens is 1. The van der Waals surface area contributed by atoms with Gasteiger partial charge in [0.05, 0.1) is 18.7 Å². The quantitative estimate of drug-likeness (QED) is 0.417. The van der Waals surface area contributed by atoms with Gasteiger partial charge in [-0.1, -0.05) is 23.7 Å². The SMILES string of the molecule is COc1cc(Cl)cc2cc(C(=O)C3=C(O)C(=O)N(CCCN(C)C)C3c3ccc(N(C)C)cc3)oc12. The molecule has 36 heavy (non-hydrogen) atoms. The maximum Gasteiger partial charge on any atom is 0.290 e. The van der Waals surface area contributed by atoms with E-state index in [0.717, 1.165) is 17.8 Å². The second-order valence-corrected chi connectivity index (χ2v) is 9.71. The highest BCUT2D eigenvalue weighted by atomic mass is 35.5. The number of fused-ring (bicyclic) bond motifs is 1. The van der Waals surface area contributed by atoms with Crippen molar-refractivity contribution in [3.8, 4) is 5.75 Å². The Balaban J connectivity index is 1.77. The number of carbonyl (C=O) groups is 2. The van der Waals surface area contributed by atoms with E-state index in [-0.39, 0.29) is 11.3 Å². The van der Waals surface area contributed by atoms with Gasteiger partial charge < -0.3 is 29.0 Å². The second-order valence-electron chi connectivity index (χ2n) is 9.27. The lowest BCUT2D eigenvalue weighted by molar-refractivity contribution is -0.129. The molecule has 1 aliphatic heterocycles. The van der Waals surface area contributed by atoms with Crippen LogP contribution >= 0.6 is 11.6 Å². The van der Waals surface area contributed by atoms with E-state index in [2.05, 4.69) is 0 Å². The molecule has 0 radical (unpaired) electrons. The van der Waals surface area contributed by atoms with Crippen LogP contribution in [0.1, 0.15) is 28.6 Å². The predicted molar refractivity (Wildman–Crippen MR) is 140 cm³/mol. The third kappa shape index (κ3) is 4.79. The minimum atomic E-state index is -0.748. The highest BCUT2D eigenvalue weighted by Gasteiger charge is 2.44. The van der Waals surface area contributed by atoms with Crippen molar-refractivity contribution in [1.82, 2.24) is 9.80 Å². The summed E-state index contributed by atoms with van der Waals surface area (Å²) >= 11 is 6.17. The van der Waals surface area contributed by atoms with Gasteiger partial charge in [-0.25, -0.2) is 0 Å². The fraction of sp³-hybridized carbons (Fsp3) is 0.333. The molecule has 0 aliphatic carbocycles. The topological polar surface area (TPSA) is 86.5 Å². The number of ether oxygens (including phenoxy) is 1. The standard InChI is InChI=1S/C27H30ClN3O5/c1-29(2)11-6-12-31-23(16-7-9-19(10-8-16)30(3)4)22(25(33)27(31)34)24(32)20-14-17-13-18(28)15-21(35-5)26(17)36-20/h7-10,13-15,23,33H,6,11-12H2,1-5H3. The molecule has 0 saturated heterocycles. The van der Waals surface area contributed by atoms with Gasteiger partial charge in [-0.3, -0.25) is 9.59 Å². The van der Waals surface area contributed by atoms with Gasteiger partial charge in [0, 0.05) is 42.8 Å². The Labute approximate surface area is 215 Å². The Morgan fingerprint density at radius 3 is 2.44 bits per heavy atom. The van der Waals surface area contributed by atoms with Crippen molar-refractivity contribution < 1.29 is 23.8 Å². The predicted octanol–water partition coefficient (Wildman–Crippen LogP) is 4.69. The number of aliphatic hydroxyl groups is 1. The average Bonchev–Trinajstić information content (AvgIpc) is 3.37. The molecule has 0 spiro atoms. The van der Waals surface area contributed by atoms with Crippen molar-refractivity contribution in [3.05, 3.63) is 70.1 Å². The summed E-state index contributed by atoms with van der Waals surface area (Å²) in [5.41, 5.74) is 2.06. The Kier molecular flexibility index (Phi) is 7.28. The normalized spacial score (nSPS) is 15.9. The lowest BCUT2D eigenvalue weighted by atomic mass is 9.94. The van der Waals surface area contributed by atoms with Gasteiger partial charge in [-0.05, 0) is 56.9 Å². The first kappa shape index (κ1) is 25.6. The molecule has 1 amide bonds. The van der Waals surface area contributed by atoms with Crippen LogP contribution in [0.15, 0.2) is 58.2 Å². The van der Waals surface area contributed by atoms with E-state index in [4.69, 9.17) is 20.8 Å². The fourth-order valence-electron chi connectivity index (χ4n) is 4.46. The molecule has 0 saturated carbocycles. The van der Waals surface area contributed by atoms with Crippen molar-refractivity contribution in [2.45, 2.75) is 12.5 Å². The second kappa shape index (κ2) is 10.2. The molecule has 190 valence electrons. The first-order valence-corrected chi connectivity index (χ1v) is 12.0. The molecule has 0 fully saturated rings. The number of Topliss-reactive ketones (excluding diaryl/α,β-unsaturated/α-hetero) is 1. The summed E-state index contributed by atoms with van der Waals surface area (Å²) in [7, 11) is 9.26. The number of aliphatic hydroxyl groups excluding tert-OH is 1. The van der Waals surface area contributed by atoms with Gasteiger partial charge in [-0.15, -0.1) is 0 Å². The van der Waals surface area contributed by atoms with Crippen LogP contribution in [-0.2, 0) is 4.79 Å². The zero-order valence-electron chi connectivity index (χ0n) is 21.0. The molecular weight excluding hydrogens is 482 g/mol. The first-order valence-electron chi connectivity index (χ1n) is 11.6. The maximum absolute atomic E-state index is 13.8.